The number of fused-ring (bicyclic) bond motifs is 1. The zero-order valence-electron chi connectivity index (χ0n) is 9.97. The van der Waals surface area contributed by atoms with Crippen molar-refractivity contribution in [2.24, 2.45) is 0 Å². The molecule has 6 heteroatoms. The van der Waals surface area contributed by atoms with Gasteiger partial charge in [-0.2, -0.15) is 13.2 Å². The second kappa shape index (κ2) is 4.53. The van der Waals surface area contributed by atoms with Crippen molar-refractivity contribution >= 4 is 16.7 Å². The third-order valence-electron chi connectivity index (χ3n) is 2.78. The summed E-state index contributed by atoms with van der Waals surface area (Å²) in [5, 5.41) is 0.186. The van der Waals surface area contributed by atoms with Gasteiger partial charge in [0.05, 0.1) is 11.1 Å². The quantitative estimate of drug-likeness (QED) is 0.851. The van der Waals surface area contributed by atoms with Gasteiger partial charge in [0.25, 0.3) is 0 Å². The predicted molar refractivity (Wildman–Crippen MR) is 64.2 cm³/mol. The number of carbonyl (C=O) groups is 1. The lowest BCUT2D eigenvalue weighted by Gasteiger charge is -2.12. The molecule has 1 heterocycles. The highest BCUT2D eigenvalue weighted by molar-refractivity contribution is 6.00. The van der Waals surface area contributed by atoms with Crippen molar-refractivity contribution in [2.75, 3.05) is 0 Å². The summed E-state index contributed by atoms with van der Waals surface area (Å²) >= 11 is 0. The van der Waals surface area contributed by atoms with Crippen LogP contribution >= 0.6 is 0 Å². The van der Waals surface area contributed by atoms with Gasteiger partial charge in [-0.05, 0) is 23.6 Å². The van der Waals surface area contributed by atoms with E-state index in [1.807, 2.05) is 0 Å². The summed E-state index contributed by atoms with van der Waals surface area (Å²) in [5.41, 5.74) is -1.92. The summed E-state index contributed by atoms with van der Waals surface area (Å²) in [5.74, 6) is -0.376. The van der Waals surface area contributed by atoms with Gasteiger partial charge in [-0.3, -0.25) is 9.59 Å². The molecule has 1 aromatic heterocycles. The van der Waals surface area contributed by atoms with Gasteiger partial charge in [-0.15, -0.1) is 0 Å². The Balaban J connectivity index is 2.84. The van der Waals surface area contributed by atoms with Crippen LogP contribution in [0.4, 0.5) is 13.2 Å². The smallest absolute Gasteiger partial charge is 0.321 e. The van der Waals surface area contributed by atoms with Crippen molar-refractivity contribution in [1.29, 1.82) is 0 Å². The van der Waals surface area contributed by atoms with E-state index < -0.39 is 17.3 Å². The van der Waals surface area contributed by atoms with Gasteiger partial charge in [0.1, 0.15) is 0 Å². The van der Waals surface area contributed by atoms with E-state index in [1.165, 1.54) is 12.1 Å². The molecular weight excluding hydrogens is 259 g/mol. The molecule has 0 saturated heterocycles. The minimum atomic E-state index is -4.63. The molecule has 0 spiro atoms. The van der Waals surface area contributed by atoms with Crippen LogP contribution in [0.15, 0.2) is 29.1 Å². The van der Waals surface area contributed by atoms with Crippen LogP contribution in [0.25, 0.3) is 10.9 Å². The summed E-state index contributed by atoms with van der Waals surface area (Å²) in [6.07, 6.45) is -4.52. The van der Waals surface area contributed by atoms with Crippen LogP contribution in [-0.4, -0.2) is 10.8 Å². The van der Waals surface area contributed by atoms with E-state index in [2.05, 4.69) is 4.98 Å². The lowest BCUT2D eigenvalue weighted by Crippen LogP contribution is -2.12. The van der Waals surface area contributed by atoms with E-state index in [-0.39, 0.29) is 28.7 Å². The second-order valence-corrected chi connectivity index (χ2v) is 4.09. The molecule has 0 aliphatic heterocycles. The molecule has 3 nitrogen and oxygen atoms in total. The van der Waals surface area contributed by atoms with Crippen LogP contribution in [0, 0.1) is 0 Å². The molecule has 0 fully saturated rings. The van der Waals surface area contributed by atoms with Crippen LogP contribution in [0.2, 0.25) is 0 Å². The monoisotopic (exact) mass is 269 g/mol. The molecule has 0 saturated carbocycles. The number of pyridine rings is 1. The lowest BCUT2D eigenvalue weighted by atomic mass is 10.0. The molecule has 2 aromatic rings. The summed E-state index contributed by atoms with van der Waals surface area (Å²) in [6, 6.07) is 4.54. The van der Waals surface area contributed by atoms with Crippen molar-refractivity contribution in [3.63, 3.8) is 0 Å². The van der Waals surface area contributed by atoms with Crippen molar-refractivity contribution in [3.05, 3.63) is 45.7 Å². The zero-order valence-corrected chi connectivity index (χ0v) is 9.97. The Morgan fingerprint density at radius 3 is 2.53 bits per heavy atom. The topological polar surface area (TPSA) is 49.9 Å². The van der Waals surface area contributed by atoms with Gasteiger partial charge in [0.2, 0.25) is 5.56 Å². The molecule has 0 bridgehead atoms. The van der Waals surface area contributed by atoms with Gasteiger partial charge in [-0.1, -0.05) is 6.92 Å². The van der Waals surface area contributed by atoms with Gasteiger partial charge < -0.3 is 4.98 Å². The first-order valence-electron chi connectivity index (χ1n) is 5.60. The molecule has 0 radical (unpaired) electrons. The average Bonchev–Trinajstić information content (AvgIpc) is 2.35. The molecular formula is C13H10F3NO2. The second-order valence-electron chi connectivity index (χ2n) is 4.09. The van der Waals surface area contributed by atoms with E-state index >= 15 is 0 Å². The number of benzene rings is 1. The maximum atomic E-state index is 13.0. The molecule has 0 aliphatic rings. The third kappa shape index (κ3) is 2.52. The number of alkyl halides is 3. The van der Waals surface area contributed by atoms with E-state index in [9.17, 15) is 22.8 Å². The fraction of sp³-hybridized carbons (Fsp3) is 0.231. The Kier molecular flexibility index (Phi) is 3.18. The molecule has 0 atom stereocenters. The van der Waals surface area contributed by atoms with E-state index in [4.69, 9.17) is 0 Å². The first-order chi connectivity index (χ1) is 8.82. The number of nitrogens with one attached hydrogen (secondary N) is 1. The largest absolute Gasteiger partial charge is 0.418 e. The Hall–Kier alpha value is -2.11. The fourth-order valence-electron chi connectivity index (χ4n) is 1.85. The number of hydrogen-bond donors (Lipinski definition) is 1. The summed E-state index contributed by atoms with van der Waals surface area (Å²) in [6.45, 7) is 1.58. The maximum Gasteiger partial charge on any atom is 0.418 e. The van der Waals surface area contributed by atoms with Gasteiger partial charge in [0.15, 0.2) is 5.78 Å². The highest BCUT2D eigenvalue weighted by Gasteiger charge is 2.34. The molecule has 0 amide bonds. The van der Waals surface area contributed by atoms with Crippen molar-refractivity contribution < 1.29 is 18.0 Å². The first kappa shape index (κ1) is 13.3. The first-order valence-corrected chi connectivity index (χ1v) is 5.60. The molecule has 1 aromatic carbocycles. The highest BCUT2D eigenvalue weighted by Crippen LogP contribution is 2.34. The van der Waals surface area contributed by atoms with Gasteiger partial charge in [0, 0.05) is 18.1 Å². The van der Waals surface area contributed by atoms with Crippen LogP contribution < -0.4 is 5.56 Å². The molecule has 0 aliphatic carbocycles. The Labute approximate surface area is 106 Å². The standard InChI is InChI=1S/C13H10F3NO2/c1-2-10(18)8-5-7-3-4-11(19)17-12(7)9(6-8)13(14,15)16/h3-6H,2H2,1H3,(H,17,19). The number of H-pyrrole nitrogens is 1. The third-order valence-corrected chi connectivity index (χ3v) is 2.78. The van der Waals surface area contributed by atoms with Crippen LogP contribution in [0.5, 0.6) is 0 Å². The van der Waals surface area contributed by atoms with Crippen LogP contribution in [0.3, 0.4) is 0 Å². The number of halogens is 3. The van der Waals surface area contributed by atoms with E-state index in [0.29, 0.717) is 0 Å². The van der Waals surface area contributed by atoms with Crippen molar-refractivity contribution in [3.8, 4) is 0 Å². The number of aromatic amines is 1. The fourth-order valence-corrected chi connectivity index (χ4v) is 1.85. The number of hydrogen-bond acceptors (Lipinski definition) is 2. The number of aromatic nitrogens is 1. The Bertz CT molecular complexity index is 701. The lowest BCUT2D eigenvalue weighted by molar-refractivity contribution is -0.136. The van der Waals surface area contributed by atoms with Crippen LogP contribution in [-0.2, 0) is 6.18 Å². The number of Topliss-reactive ketones (excluding diaryl/α,β-unsaturated/α-hetero) is 1. The average molecular weight is 269 g/mol. The SMILES string of the molecule is CCC(=O)c1cc(C(F)(F)F)c2[nH]c(=O)ccc2c1. The summed E-state index contributed by atoms with van der Waals surface area (Å²) < 4.78 is 38.9. The van der Waals surface area contributed by atoms with Gasteiger partial charge >= 0.3 is 6.18 Å². The molecule has 19 heavy (non-hydrogen) atoms. The molecule has 100 valence electrons. The van der Waals surface area contributed by atoms with E-state index in [0.717, 1.165) is 12.1 Å². The molecule has 0 unspecified atom stereocenters. The minimum Gasteiger partial charge on any atom is -0.321 e. The van der Waals surface area contributed by atoms with E-state index in [1.54, 1.807) is 6.92 Å². The number of rotatable bonds is 2. The number of carbonyl (C=O) groups excluding carboxylic acids is 1. The van der Waals surface area contributed by atoms with Crippen LogP contribution in [0.1, 0.15) is 29.3 Å². The molecule has 2 rings (SSSR count). The number of ketones is 1. The Morgan fingerprint density at radius 2 is 1.95 bits per heavy atom. The normalized spacial score (nSPS) is 11.8. The molecule has 1 N–H and O–H groups in total. The maximum absolute atomic E-state index is 13.0. The van der Waals surface area contributed by atoms with Crippen molar-refractivity contribution in [2.45, 2.75) is 19.5 Å². The van der Waals surface area contributed by atoms with Crippen molar-refractivity contribution in [1.82, 2.24) is 4.98 Å². The van der Waals surface area contributed by atoms with Gasteiger partial charge in [-0.25, -0.2) is 0 Å². The Morgan fingerprint density at radius 1 is 1.26 bits per heavy atom. The summed E-state index contributed by atoms with van der Waals surface area (Å²) in [7, 11) is 0. The highest BCUT2D eigenvalue weighted by atomic mass is 19.4. The zero-order chi connectivity index (χ0) is 14.2. The predicted octanol–water partition coefficient (Wildman–Crippen LogP) is 3.14. The minimum absolute atomic E-state index is 0.00521. The summed E-state index contributed by atoms with van der Waals surface area (Å²) in [4.78, 5) is 24.9.